The van der Waals surface area contributed by atoms with E-state index in [0.717, 1.165) is 12.8 Å². The van der Waals surface area contributed by atoms with Crippen molar-refractivity contribution >= 4 is 5.97 Å². The summed E-state index contributed by atoms with van der Waals surface area (Å²) in [5.41, 5.74) is 0. The predicted molar refractivity (Wildman–Crippen MR) is 54.1 cm³/mol. The molecule has 1 aliphatic rings. The topological polar surface area (TPSA) is 46.5 Å². The van der Waals surface area contributed by atoms with Crippen molar-refractivity contribution in [1.29, 1.82) is 0 Å². The predicted octanol–water partition coefficient (Wildman–Crippen LogP) is 2.00. The van der Waals surface area contributed by atoms with Crippen LogP contribution in [0.25, 0.3) is 0 Å². The lowest BCUT2D eigenvalue weighted by Gasteiger charge is -2.20. The SMILES string of the molecule is CCCCOC1C=CC=CC1C(=O)O. The second-order valence-electron chi connectivity index (χ2n) is 3.32. The number of aliphatic carboxylic acids is 1. The number of rotatable bonds is 5. The van der Waals surface area contributed by atoms with Gasteiger partial charge in [0.2, 0.25) is 0 Å². The van der Waals surface area contributed by atoms with Gasteiger partial charge in [-0.15, -0.1) is 0 Å². The van der Waals surface area contributed by atoms with Crippen molar-refractivity contribution in [1.82, 2.24) is 0 Å². The van der Waals surface area contributed by atoms with Crippen molar-refractivity contribution in [2.24, 2.45) is 5.92 Å². The number of allylic oxidation sites excluding steroid dienone is 2. The van der Waals surface area contributed by atoms with Gasteiger partial charge in [-0.1, -0.05) is 37.6 Å². The Labute approximate surface area is 84.1 Å². The van der Waals surface area contributed by atoms with Crippen LogP contribution in [0.4, 0.5) is 0 Å². The van der Waals surface area contributed by atoms with Gasteiger partial charge in [-0.3, -0.25) is 4.79 Å². The van der Waals surface area contributed by atoms with Gasteiger partial charge in [-0.25, -0.2) is 0 Å². The van der Waals surface area contributed by atoms with Crippen LogP contribution in [0.2, 0.25) is 0 Å². The zero-order valence-corrected chi connectivity index (χ0v) is 8.35. The summed E-state index contributed by atoms with van der Waals surface area (Å²) in [5.74, 6) is -1.36. The van der Waals surface area contributed by atoms with Gasteiger partial charge in [0.25, 0.3) is 0 Å². The lowest BCUT2D eigenvalue weighted by atomic mass is 9.98. The molecule has 2 atom stereocenters. The van der Waals surface area contributed by atoms with E-state index in [1.165, 1.54) is 0 Å². The molecule has 0 spiro atoms. The Balaban J connectivity index is 2.44. The summed E-state index contributed by atoms with van der Waals surface area (Å²) in [6.45, 7) is 2.71. The van der Waals surface area contributed by atoms with Gasteiger partial charge >= 0.3 is 5.97 Å². The van der Waals surface area contributed by atoms with Crippen LogP contribution < -0.4 is 0 Å². The Hall–Kier alpha value is -1.09. The molecule has 14 heavy (non-hydrogen) atoms. The van der Waals surface area contributed by atoms with E-state index < -0.39 is 11.9 Å². The van der Waals surface area contributed by atoms with E-state index >= 15 is 0 Å². The lowest BCUT2D eigenvalue weighted by molar-refractivity contribution is -0.143. The number of unbranched alkanes of at least 4 members (excludes halogenated alkanes) is 1. The average molecular weight is 196 g/mol. The molecule has 3 heteroatoms. The van der Waals surface area contributed by atoms with Gasteiger partial charge in [0, 0.05) is 6.61 Å². The first-order valence-electron chi connectivity index (χ1n) is 4.95. The zero-order valence-electron chi connectivity index (χ0n) is 8.35. The maximum absolute atomic E-state index is 10.8. The van der Waals surface area contributed by atoms with Gasteiger partial charge in [-0.05, 0) is 6.42 Å². The Morgan fingerprint density at radius 2 is 2.14 bits per heavy atom. The summed E-state index contributed by atoms with van der Waals surface area (Å²) < 4.78 is 5.48. The minimum Gasteiger partial charge on any atom is -0.481 e. The standard InChI is InChI=1S/C11H16O3/c1-2-3-8-14-10-7-5-4-6-9(10)11(12)13/h4-7,9-10H,2-3,8H2,1H3,(H,12,13). The zero-order chi connectivity index (χ0) is 10.4. The molecule has 0 aliphatic heterocycles. The van der Waals surface area contributed by atoms with Crippen molar-refractivity contribution < 1.29 is 14.6 Å². The monoisotopic (exact) mass is 196 g/mol. The molecular formula is C11H16O3. The van der Waals surface area contributed by atoms with Crippen LogP contribution in [-0.4, -0.2) is 23.8 Å². The molecule has 0 saturated heterocycles. The first kappa shape index (κ1) is 11.0. The number of ether oxygens (including phenoxy) is 1. The van der Waals surface area contributed by atoms with Crippen LogP contribution >= 0.6 is 0 Å². The van der Waals surface area contributed by atoms with Crippen LogP contribution in [0.1, 0.15) is 19.8 Å². The highest BCUT2D eigenvalue weighted by Crippen LogP contribution is 2.16. The van der Waals surface area contributed by atoms with Crippen molar-refractivity contribution in [3.63, 3.8) is 0 Å². The molecule has 0 aromatic carbocycles. The first-order chi connectivity index (χ1) is 6.75. The molecule has 0 bridgehead atoms. The van der Waals surface area contributed by atoms with Crippen molar-refractivity contribution in [3.05, 3.63) is 24.3 Å². The largest absolute Gasteiger partial charge is 0.481 e. The third kappa shape index (κ3) is 3.00. The van der Waals surface area contributed by atoms with Gasteiger partial charge in [0.1, 0.15) is 5.92 Å². The van der Waals surface area contributed by atoms with Crippen molar-refractivity contribution in [3.8, 4) is 0 Å². The van der Waals surface area contributed by atoms with E-state index in [-0.39, 0.29) is 6.10 Å². The molecule has 0 saturated carbocycles. The second-order valence-corrected chi connectivity index (χ2v) is 3.32. The molecule has 0 heterocycles. The van der Waals surface area contributed by atoms with E-state index in [1.807, 2.05) is 6.08 Å². The van der Waals surface area contributed by atoms with Crippen molar-refractivity contribution in [2.75, 3.05) is 6.61 Å². The summed E-state index contributed by atoms with van der Waals surface area (Å²) in [5, 5.41) is 8.90. The Bertz CT molecular complexity index is 243. The van der Waals surface area contributed by atoms with E-state index in [9.17, 15) is 4.79 Å². The first-order valence-corrected chi connectivity index (χ1v) is 4.95. The van der Waals surface area contributed by atoms with E-state index in [2.05, 4.69) is 6.92 Å². The average Bonchev–Trinajstić information content (AvgIpc) is 2.19. The molecule has 78 valence electrons. The Kier molecular flexibility index (Phi) is 4.40. The van der Waals surface area contributed by atoms with Crippen LogP contribution in [0, 0.1) is 5.92 Å². The number of hydrogen-bond donors (Lipinski definition) is 1. The fraction of sp³-hybridized carbons (Fsp3) is 0.545. The molecule has 1 rings (SSSR count). The second kappa shape index (κ2) is 5.60. The molecule has 1 aliphatic carbocycles. The van der Waals surface area contributed by atoms with Gasteiger partial charge < -0.3 is 9.84 Å². The minimum absolute atomic E-state index is 0.302. The Morgan fingerprint density at radius 1 is 1.43 bits per heavy atom. The molecule has 0 radical (unpaired) electrons. The normalized spacial score (nSPS) is 25.2. The van der Waals surface area contributed by atoms with Gasteiger partial charge in [0.15, 0.2) is 0 Å². The highest BCUT2D eigenvalue weighted by Gasteiger charge is 2.25. The molecule has 2 unspecified atom stereocenters. The highest BCUT2D eigenvalue weighted by atomic mass is 16.5. The van der Waals surface area contributed by atoms with E-state index in [1.54, 1.807) is 18.2 Å². The summed E-state index contributed by atoms with van der Waals surface area (Å²) in [6.07, 6.45) is 8.77. The molecule has 3 nitrogen and oxygen atoms in total. The number of carboxylic acid groups (broad SMARTS) is 1. The highest BCUT2D eigenvalue weighted by molar-refractivity contribution is 5.73. The summed E-state index contributed by atoms with van der Waals surface area (Å²) in [7, 11) is 0. The summed E-state index contributed by atoms with van der Waals surface area (Å²) in [6, 6.07) is 0. The minimum atomic E-state index is -0.827. The molecule has 0 aromatic heterocycles. The summed E-state index contributed by atoms with van der Waals surface area (Å²) >= 11 is 0. The molecular weight excluding hydrogens is 180 g/mol. The third-order valence-electron chi connectivity index (χ3n) is 2.18. The third-order valence-corrected chi connectivity index (χ3v) is 2.18. The number of carbonyl (C=O) groups is 1. The molecule has 0 amide bonds. The summed E-state index contributed by atoms with van der Waals surface area (Å²) in [4.78, 5) is 10.8. The van der Waals surface area contributed by atoms with E-state index in [0.29, 0.717) is 6.61 Å². The number of carboxylic acids is 1. The van der Waals surface area contributed by atoms with Crippen molar-refractivity contribution in [2.45, 2.75) is 25.9 Å². The number of hydrogen-bond acceptors (Lipinski definition) is 2. The van der Waals surface area contributed by atoms with Gasteiger partial charge in [0.05, 0.1) is 6.10 Å². The molecule has 1 N–H and O–H groups in total. The van der Waals surface area contributed by atoms with Crippen LogP contribution in [0.3, 0.4) is 0 Å². The maximum Gasteiger partial charge on any atom is 0.313 e. The van der Waals surface area contributed by atoms with Crippen LogP contribution in [0.5, 0.6) is 0 Å². The fourth-order valence-electron chi connectivity index (χ4n) is 1.33. The Morgan fingerprint density at radius 3 is 2.79 bits per heavy atom. The quantitative estimate of drug-likeness (QED) is 0.684. The fourth-order valence-corrected chi connectivity index (χ4v) is 1.33. The maximum atomic E-state index is 10.8. The molecule has 0 aromatic rings. The lowest BCUT2D eigenvalue weighted by Crippen LogP contribution is -2.29. The molecule has 0 fully saturated rings. The van der Waals surface area contributed by atoms with Crippen LogP contribution in [-0.2, 0) is 9.53 Å². The van der Waals surface area contributed by atoms with E-state index in [4.69, 9.17) is 9.84 Å². The smallest absolute Gasteiger partial charge is 0.313 e. The van der Waals surface area contributed by atoms with Gasteiger partial charge in [-0.2, -0.15) is 0 Å². The van der Waals surface area contributed by atoms with Crippen LogP contribution in [0.15, 0.2) is 24.3 Å².